The summed E-state index contributed by atoms with van der Waals surface area (Å²) < 4.78 is 31.3. The summed E-state index contributed by atoms with van der Waals surface area (Å²) >= 11 is 0. The molecular formula is C7H12O4S. The van der Waals surface area contributed by atoms with E-state index in [4.69, 9.17) is 4.74 Å². The van der Waals surface area contributed by atoms with Gasteiger partial charge in [0.2, 0.25) is 0 Å². The highest BCUT2D eigenvalue weighted by Gasteiger charge is 2.14. The van der Waals surface area contributed by atoms with E-state index in [-0.39, 0.29) is 5.75 Å². The fourth-order valence-corrected chi connectivity index (χ4v) is 1.61. The molecule has 4 nitrogen and oxygen atoms in total. The van der Waals surface area contributed by atoms with Crippen LogP contribution in [0.15, 0.2) is 11.8 Å². The fraction of sp³-hybridized carbons (Fsp3) is 0.714. The van der Waals surface area contributed by atoms with Crippen molar-refractivity contribution in [3.05, 3.63) is 11.8 Å². The van der Waals surface area contributed by atoms with Gasteiger partial charge in [0, 0.05) is 0 Å². The summed E-state index contributed by atoms with van der Waals surface area (Å²) in [4.78, 5) is 0. The minimum absolute atomic E-state index is 0.149. The molecule has 1 aliphatic heterocycles. The maximum atomic E-state index is 10.9. The summed E-state index contributed by atoms with van der Waals surface area (Å²) in [6, 6.07) is 0. The Hall–Kier alpha value is -0.550. The molecule has 1 aliphatic rings. The Morgan fingerprint density at radius 3 is 2.92 bits per heavy atom. The maximum Gasteiger partial charge on any atom is 0.274 e. The monoisotopic (exact) mass is 192 g/mol. The number of hydrogen-bond donors (Lipinski definition) is 0. The van der Waals surface area contributed by atoms with Crippen molar-refractivity contribution in [3.8, 4) is 0 Å². The first-order valence-corrected chi connectivity index (χ1v) is 5.32. The standard InChI is InChI=1S/C7H12O4S/c1-10-12(8,9)6-7-4-2-3-5-11-7/h4H,2-3,5-6H2,1H3. The van der Waals surface area contributed by atoms with Crippen LogP contribution in [0.25, 0.3) is 0 Å². The SMILES string of the molecule is COS(=O)(=O)CC1=CCCCO1. The van der Waals surface area contributed by atoms with Crippen molar-refractivity contribution < 1.29 is 17.3 Å². The van der Waals surface area contributed by atoms with Gasteiger partial charge >= 0.3 is 0 Å². The quantitative estimate of drug-likeness (QED) is 0.616. The Morgan fingerprint density at radius 1 is 1.67 bits per heavy atom. The predicted molar refractivity (Wildman–Crippen MR) is 44.1 cm³/mol. The summed E-state index contributed by atoms with van der Waals surface area (Å²) in [5.41, 5.74) is 0. The molecule has 1 heterocycles. The third-order valence-corrected chi connectivity index (χ3v) is 2.73. The molecule has 0 saturated heterocycles. The fourth-order valence-electron chi connectivity index (χ4n) is 0.942. The molecule has 0 saturated carbocycles. The lowest BCUT2D eigenvalue weighted by molar-refractivity contribution is 0.195. The third-order valence-electron chi connectivity index (χ3n) is 1.58. The van der Waals surface area contributed by atoms with E-state index < -0.39 is 10.1 Å². The first-order chi connectivity index (χ1) is 5.64. The van der Waals surface area contributed by atoms with Crippen LogP contribution in [0, 0.1) is 0 Å². The zero-order valence-electron chi connectivity index (χ0n) is 6.95. The number of rotatable bonds is 3. The van der Waals surface area contributed by atoms with Crippen LogP contribution in [0.3, 0.4) is 0 Å². The molecule has 0 fully saturated rings. The van der Waals surface area contributed by atoms with Gasteiger partial charge in [0.15, 0.2) is 0 Å². The first kappa shape index (κ1) is 9.54. The summed E-state index contributed by atoms with van der Waals surface area (Å²) in [5, 5.41) is 0. The van der Waals surface area contributed by atoms with Gasteiger partial charge in [-0.3, -0.25) is 4.18 Å². The lowest BCUT2D eigenvalue weighted by atomic mass is 10.2. The Bertz CT molecular complexity index is 265. The highest BCUT2D eigenvalue weighted by molar-refractivity contribution is 7.86. The molecule has 70 valence electrons. The van der Waals surface area contributed by atoms with Gasteiger partial charge in [-0.1, -0.05) is 0 Å². The van der Waals surface area contributed by atoms with Gasteiger partial charge in [-0.25, -0.2) is 0 Å². The molecular weight excluding hydrogens is 180 g/mol. The van der Waals surface area contributed by atoms with Gasteiger partial charge in [0.25, 0.3) is 10.1 Å². The van der Waals surface area contributed by atoms with Crippen molar-refractivity contribution in [2.24, 2.45) is 0 Å². The van der Waals surface area contributed by atoms with E-state index >= 15 is 0 Å². The van der Waals surface area contributed by atoms with Crippen molar-refractivity contribution in [3.63, 3.8) is 0 Å². The Morgan fingerprint density at radius 2 is 2.42 bits per heavy atom. The Kier molecular flexibility index (Phi) is 3.11. The van der Waals surface area contributed by atoms with E-state index in [9.17, 15) is 8.42 Å². The van der Waals surface area contributed by atoms with Crippen molar-refractivity contribution in [2.75, 3.05) is 19.5 Å². The van der Waals surface area contributed by atoms with Crippen molar-refractivity contribution >= 4 is 10.1 Å². The average molecular weight is 192 g/mol. The number of ether oxygens (including phenoxy) is 1. The van der Waals surface area contributed by atoms with Gasteiger partial charge in [0.05, 0.1) is 13.7 Å². The predicted octanol–water partition coefficient (Wildman–Crippen LogP) is 0.657. The van der Waals surface area contributed by atoms with Crippen LogP contribution in [-0.4, -0.2) is 27.9 Å². The normalized spacial score (nSPS) is 18.2. The van der Waals surface area contributed by atoms with Gasteiger partial charge in [-0.15, -0.1) is 0 Å². The van der Waals surface area contributed by atoms with E-state index in [1.54, 1.807) is 6.08 Å². The van der Waals surface area contributed by atoms with Crippen molar-refractivity contribution in [2.45, 2.75) is 12.8 Å². The van der Waals surface area contributed by atoms with E-state index in [1.807, 2.05) is 0 Å². The van der Waals surface area contributed by atoms with Crippen LogP contribution in [0.5, 0.6) is 0 Å². The van der Waals surface area contributed by atoms with Gasteiger partial charge < -0.3 is 4.74 Å². The molecule has 0 atom stereocenters. The van der Waals surface area contributed by atoms with E-state index in [0.29, 0.717) is 12.4 Å². The van der Waals surface area contributed by atoms with Crippen LogP contribution < -0.4 is 0 Å². The number of allylic oxidation sites excluding steroid dienone is 1. The number of hydrogen-bond acceptors (Lipinski definition) is 4. The average Bonchev–Trinajstić information content (AvgIpc) is 2.06. The molecule has 0 amide bonds. The zero-order valence-corrected chi connectivity index (χ0v) is 7.76. The summed E-state index contributed by atoms with van der Waals surface area (Å²) in [6.07, 6.45) is 3.63. The van der Waals surface area contributed by atoms with E-state index in [0.717, 1.165) is 20.0 Å². The van der Waals surface area contributed by atoms with Crippen LogP contribution in [-0.2, 0) is 19.0 Å². The highest BCUT2D eigenvalue weighted by atomic mass is 32.2. The van der Waals surface area contributed by atoms with E-state index in [1.165, 1.54) is 0 Å². The second-order valence-corrected chi connectivity index (χ2v) is 4.27. The third kappa shape index (κ3) is 2.83. The molecule has 0 aromatic carbocycles. The topological polar surface area (TPSA) is 52.6 Å². The summed E-state index contributed by atoms with van der Waals surface area (Å²) in [7, 11) is -2.26. The van der Waals surface area contributed by atoms with Crippen molar-refractivity contribution in [1.29, 1.82) is 0 Å². The van der Waals surface area contributed by atoms with Crippen LogP contribution in [0.1, 0.15) is 12.8 Å². The second kappa shape index (κ2) is 3.91. The molecule has 1 rings (SSSR count). The summed E-state index contributed by atoms with van der Waals surface area (Å²) in [5.74, 6) is 0.354. The van der Waals surface area contributed by atoms with E-state index in [2.05, 4.69) is 4.18 Å². The van der Waals surface area contributed by atoms with Crippen molar-refractivity contribution in [1.82, 2.24) is 0 Å². The first-order valence-electron chi connectivity index (χ1n) is 3.74. The van der Waals surface area contributed by atoms with Gasteiger partial charge in [-0.2, -0.15) is 8.42 Å². The Labute approximate surface area is 72.3 Å². The van der Waals surface area contributed by atoms with Crippen LogP contribution in [0.4, 0.5) is 0 Å². The Balaban J connectivity index is 2.56. The lowest BCUT2D eigenvalue weighted by Gasteiger charge is -2.13. The minimum Gasteiger partial charge on any atom is -0.497 e. The largest absolute Gasteiger partial charge is 0.497 e. The molecule has 12 heavy (non-hydrogen) atoms. The highest BCUT2D eigenvalue weighted by Crippen LogP contribution is 2.12. The molecule has 0 aromatic heterocycles. The molecule has 0 radical (unpaired) electrons. The maximum absolute atomic E-state index is 10.9. The van der Waals surface area contributed by atoms with Gasteiger partial charge in [0.1, 0.15) is 11.5 Å². The molecule has 5 heteroatoms. The molecule has 0 N–H and O–H groups in total. The minimum atomic E-state index is -3.41. The molecule has 0 aromatic rings. The smallest absolute Gasteiger partial charge is 0.274 e. The lowest BCUT2D eigenvalue weighted by Crippen LogP contribution is -2.14. The molecule has 0 aliphatic carbocycles. The molecule has 0 bridgehead atoms. The molecule has 0 spiro atoms. The van der Waals surface area contributed by atoms with Gasteiger partial charge in [-0.05, 0) is 18.9 Å². The molecule has 0 unspecified atom stereocenters. The zero-order chi connectivity index (χ0) is 9.03. The summed E-state index contributed by atoms with van der Waals surface area (Å²) in [6.45, 7) is 0.602. The second-order valence-electron chi connectivity index (χ2n) is 2.53. The van der Waals surface area contributed by atoms with Crippen LogP contribution in [0.2, 0.25) is 0 Å². The van der Waals surface area contributed by atoms with Crippen LogP contribution >= 0.6 is 0 Å².